The highest BCUT2D eigenvalue weighted by molar-refractivity contribution is 9.10. The Morgan fingerprint density at radius 3 is 2.58 bits per heavy atom. The molecule has 2 rings (SSSR count). The molecule has 0 radical (unpaired) electrons. The van der Waals surface area contributed by atoms with E-state index in [0.29, 0.717) is 22.1 Å². The van der Waals surface area contributed by atoms with Crippen molar-refractivity contribution in [1.82, 2.24) is 0 Å². The number of carbonyl (C=O) groups is 1. The van der Waals surface area contributed by atoms with Crippen LogP contribution in [-0.4, -0.2) is 5.78 Å². The van der Waals surface area contributed by atoms with Gasteiger partial charge in [0.15, 0.2) is 5.78 Å². The van der Waals surface area contributed by atoms with Gasteiger partial charge in [0, 0.05) is 5.56 Å². The van der Waals surface area contributed by atoms with Gasteiger partial charge in [-0.2, -0.15) is 0 Å². The first kappa shape index (κ1) is 14.1. The molecule has 0 aromatic heterocycles. The first-order chi connectivity index (χ1) is 8.99. The first-order valence-corrected chi connectivity index (χ1v) is 6.89. The van der Waals surface area contributed by atoms with Gasteiger partial charge in [-0.25, -0.2) is 0 Å². The maximum atomic E-state index is 11.3. The minimum absolute atomic E-state index is 0.0150. The van der Waals surface area contributed by atoms with Crippen LogP contribution >= 0.6 is 27.5 Å². The summed E-state index contributed by atoms with van der Waals surface area (Å²) in [6, 6.07) is 10.8. The third-order valence-electron chi connectivity index (χ3n) is 2.71. The monoisotopic (exact) mass is 338 g/mol. The summed E-state index contributed by atoms with van der Waals surface area (Å²) in [6.45, 7) is 3.46. The Hall–Kier alpha value is -1.32. The van der Waals surface area contributed by atoms with Gasteiger partial charge in [0.1, 0.15) is 11.5 Å². The number of carbonyl (C=O) groups excluding carboxylic acids is 1. The van der Waals surface area contributed by atoms with Crippen molar-refractivity contribution >= 4 is 33.3 Å². The molecule has 98 valence electrons. The van der Waals surface area contributed by atoms with Gasteiger partial charge in [-0.3, -0.25) is 4.79 Å². The molecule has 2 aromatic rings. The van der Waals surface area contributed by atoms with Crippen LogP contribution in [0.2, 0.25) is 5.02 Å². The van der Waals surface area contributed by atoms with E-state index in [-0.39, 0.29) is 5.78 Å². The molecule has 0 amide bonds. The van der Waals surface area contributed by atoms with Crippen LogP contribution in [0.1, 0.15) is 22.8 Å². The minimum Gasteiger partial charge on any atom is -0.454 e. The largest absolute Gasteiger partial charge is 0.454 e. The molecule has 19 heavy (non-hydrogen) atoms. The molecule has 0 aliphatic rings. The predicted molar refractivity (Wildman–Crippen MR) is 80.4 cm³/mol. The highest BCUT2D eigenvalue weighted by Crippen LogP contribution is 2.36. The fourth-order valence-corrected chi connectivity index (χ4v) is 2.38. The van der Waals surface area contributed by atoms with Crippen LogP contribution in [0.5, 0.6) is 11.5 Å². The summed E-state index contributed by atoms with van der Waals surface area (Å²) >= 11 is 9.52. The lowest BCUT2D eigenvalue weighted by molar-refractivity contribution is 0.101. The zero-order chi connectivity index (χ0) is 14.0. The van der Waals surface area contributed by atoms with E-state index in [2.05, 4.69) is 15.9 Å². The van der Waals surface area contributed by atoms with Crippen LogP contribution in [0.3, 0.4) is 0 Å². The van der Waals surface area contributed by atoms with E-state index in [1.54, 1.807) is 24.3 Å². The standard InChI is InChI=1S/C15H12BrClO2/c1-9-4-3-5-13(17)15(9)19-14-7-6-11(10(2)18)8-12(14)16/h3-8H,1-2H3. The number of rotatable bonds is 3. The molecular formula is C15H12BrClO2. The summed E-state index contributed by atoms with van der Waals surface area (Å²) in [5, 5.41) is 0.558. The van der Waals surface area contributed by atoms with Gasteiger partial charge >= 0.3 is 0 Å². The van der Waals surface area contributed by atoms with Crippen molar-refractivity contribution < 1.29 is 9.53 Å². The van der Waals surface area contributed by atoms with Crippen molar-refractivity contribution in [2.24, 2.45) is 0 Å². The van der Waals surface area contributed by atoms with Crippen LogP contribution in [0.25, 0.3) is 0 Å². The van der Waals surface area contributed by atoms with Crippen molar-refractivity contribution in [2.75, 3.05) is 0 Å². The van der Waals surface area contributed by atoms with Gasteiger partial charge in [0.25, 0.3) is 0 Å². The lowest BCUT2D eigenvalue weighted by Gasteiger charge is -2.12. The van der Waals surface area contributed by atoms with E-state index in [1.165, 1.54) is 6.92 Å². The number of ketones is 1. The molecule has 2 nitrogen and oxygen atoms in total. The molecule has 0 aliphatic heterocycles. The second-order valence-corrected chi connectivity index (χ2v) is 5.45. The number of para-hydroxylation sites is 1. The lowest BCUT2D eigenvalue weighted by atomic mass is 10.1. The van der Waals surface area contributed by atoms with Crippen molar-refractivity contribution in [2.45, 2.75) is 13.8 Å². The summed E-state index contributed by atoms with van der Waals surface area (Å²) < 4.78 is 6.54. The number of hydrogen-bond donors (Lipinski definition) is 0. The van der Waals surface area contributed by atoms with Gasteiger partial charge in [0.2, 0.25) is 0 Å². The average Bonchev–Trinajstić information content (AvgIpc) is 2.35. The number of benzene rings is 2. The maximum absolute atomic E-state index is 11.3. The fourth-order valence-electron chi connectivity index (χ4n) is 1.66. The number of halogens is 2. The van der Waals surface area contributed by atoms with E-state index in [0.717, 1.165) is 10.0 Å². The van der Waals surface area contributed by atoms with E-state index in [9.17, 15) is 4.79 Å². The number of Topliss-reactive ketones (excluding diaryl/α,β-unsaturated/α-hetero) is 1. The lowest BCUT2D eigenvalue weighted by Crippen LogP contribution is -1.94. The topological polar surface area (TPSA) is 26.3 Å². The predicted octanol–water partition coefficient (Wildman–Crippen LogP) is 5.41. The summed E-state index contributed by atoms with van der Waals surface area (Å²) in [5.74, 6) is 1.27. The fraction of sp³-hybridized carbons (Fsp3) is 0.133. The Bertz CT molecular complexity index is 618. The summed E-state index contributed by atoms with van der Waals surface area (Å²) in [7, 11) is 0. The highest BCUT2D eigenvalue weighted by atomic mass is 79.9. The maximum Gasteiger partial charge on any atom is 0.159 e. The molecule has 4 heteroatoms. The molecule has 0 unspecified atom stereocenters. The normalized spacial score (nSPS) is 10.3. The third kappa shape index (κ3) is 3.17. The first-order valence-electron chi connectivity index (χ1n) is 5.72. The molecule has 0 spiro atoms. The molecular weight excluding hydrogens is 328 g/mol. The summed E-state index contributed by atoms with van der Waals surface area (Å²) in [5.41, 5.74) is 1.59. The third-order valence-corrected chi connectivity index (χ3v) is 3.63. The van der Waals surface area contributed by atoms with Crippen LogP contribution in [0.15, 0.2) is 40.9 Å². The Morgan fingerprint density at radius 2 is 2.00 bits per heavy atom. The van der Waals surface area contributed by atoms with E-state index < -0.39 is 0 Å². The van der Waals surface area contributed by atoms with Crippen molar-refractivity contribution in [3.63, 3.8) is 0 Å². The molecule has 0 saturated heterocycles. The summed E-state index contributed by atoms with van der Waals surface area (Å²) in [4.78, 5) is 11.3. The SMILES string of the molecule is CC(=O)c1ccc(Oc2c(C)cccc2Cl)c(Br)c1. The zero-order valence-electron chi connectivity index (χ0n) is 10.5. The van der Waals surface area contributed by atoms with Crippen molar-refractivity contribution in [1.29, 1.82) is 0 Å². The number of hydrogen-bond acceptors (Lipinski definition) is 2. The van der Waals surface area contributed by atoms with E-state index >= 15 is 0 Å². The smallest absolute Gasteiger partial charge is 0.159 e. The molecule has 2 aromatic carbocycles. The van der Waals surface area contributed by atoms with Crippen LogP contribution in [0, 0.1) is 6.92 Å². The second kappa shape index (κ2) is 5.76. The van der Waals surface area contributed by atoms with Gasteiger partial charge in [-0.15, -0.1) is 0 Å². The molecule has 0 saturated carbocycles. The molecule has 0 bridgehead atoms. The van der Waals surface area contributed by atoms with E-state index in [4.69, 9.17) is 16.3 Å². The number of aryl methyl sites for hydroxylation is 1. The van der Waals surface area contributed by atoms with Crippen molar-refractivity contribution in [3.05, 3.63) is 57.0 Å². The molecule has 0 N–H and O–H groups in total. The Kier molecular flexibility index (Phi) is 4.27. The molecule has 0 aliphatic carbocycles. The zero-order valence-corrected chi connectivity index (χ0v) is 12.9. The van der Waals surface area contributed by atoms with Gasteiger partial charge in [-0.1, -0.05) is 23.7 Å². The quantitative estimate of drug-likeness (QED) is 0.699. The van der Waals surface area contributed by atoms with Crippen LogP contribution in [-0.2, 0) is 0 Å². The van der Waals surface area contributed by atoms with E-state index in [1.807, 2.05) is 19.1 Å². The highest BCUT2D eigenvalue weighted by Gasteiger charge is 2.10. The summed E-state index contributed by atoms with van der Waals surface area (Å²) in [6.07, 6.45) is 0. The van der Waals surface area contributed by atoms with Gasteiger partial charge in [-0.05, 0) is 59.6 Å². The second-order valence-electron chi connectivity index (χ2n) is 4.19. The Morgan fingerprint density at radius 1 is 1.26 bits per heavy atom. The van der Waals surface area contributed by atoms with Crippen LogP contribution < -0.4 is 4.74 Å². The van der Waals surface area contributed by atoms with Gasteiger partial charge < -0.3 is 4.74 Å². The Balaban J connectivity index is 2.36. The van der Waals surface area contributed by atoms with Gasteiger partial charge in [0.05, 0.1) is 9.50 Å². The van der Waals surface area contributed by atoms with Crippen molar-refractivity contribution in [3.8, 4) is 11.5 Å². The molecule has 0 fully saturated rings. The average molecular weight is 340 g/mol. The Labute approximate surface area is 125 Å². The molecule has 0 heterocycles. The van der Waals surface area contributed by atoms with Crippen LogP contribution in [0.4, 0.5) is 0 Å². The molecule has 0 atom stereocenters. The minimum atomic E-state index is 0.0150. The number of ether oxygens (including phenoxy) is 1.